The molecule has 10 N–H and O–H groups in total. The average molecular weight is 1710 g/mol. The third-order valence-electron chi connectivity index (χ3n) is 23.2. The Morgan fingerprint density at radius 2 is 0.636 bits per heavy atom. The number of hydrogen-bond acceptors (Lipinski definition) is 24. The topological polar surface area (TPSA) is 380 Å². The SMILES string of the molecule is CCCCCC/C=C\CCCCCCCCCC(=O)OC(COC(=O)CCCCCCCCCCCCCCCCCC)COP(=O)(O)OC1C(OC2OC(CO)C(O)C(O)C2O)C(O)C(O)C(OC(=O)CCCCCCCCC/C=C\CCCCCC)C1OC1OC(COC(=O)CCCCCCCCCCCCCCC)C(O)C(O)C1O. The molecule has 18 unspecified atom stereocenters. The fraction of sp³-hybridized carbons (Fsp3) is 0.913. The van der Waals surface area contributed by atoms with Crippen molar-refractivity contribution < 1.29 is 122 Å². The Morgan fingerprint density at radius 3 is 1.02 bits per heavy atom. The van der Waals surface area contributed by atoms with Crippen LogP contribution in [0.15, 0.2) is 24.3 Å². The standard InChI is InChI=1S/C92H169O25P/c1-5-9-13-17-21-25-29-33-36-39-41-45-48-52-56-60-64-75(94)108-69-72(111-77(96)66-62-58-54-50-46-42-37-34-30-26-22-18-14-10-6-2)70-110-118(106,107)117-90-88(115-91-85(104)81(100)79(98)73(68-93)112-91)84(103)83(102)87(114-78(97)67-63-59-55-51-47-43-38-35-31-27-23-19-15-11-7-3)89(90)116-92-86(105)82(101)80(99)74(113-92)71-109-76(95)65-61-57-53-49-44-40-32-28-24-20-16-12-8-4/h26-27,30-31,72-74,79-93,98-105H,5-25,28-29,32-71H2,1-4H3,(H,106,107)/b30-26-,31-27-. The minimum absolute atomic E-state index is 0.0166. The van der Waals surface area contributed by atoms with Crippen molar-refractivity contribution in [2.45, 2.75) is 511 Å². The molecule has 2 saturated heterocycles. The fourth-order valence-corrected chi connectivity index (χ4v) is 16.6. The fourth-order valence-electron chi connectivity index (χ4n) is 15.6. The quantitative estimate of drug-likeness (QED) is 0.00889. The van der Waals surface area contributed by atoms with Gasteiger partial charge in [0.2, 0.25) is 0 Å². The molecule has 692 valence electrons. The molecule has 25 nitrogen and oxygen atoms in total. The van der Waals surface area contributed by atoms with Gasteiger partial charge in [0.15, 0.2) is 24.8 Å². The van der Waals surface area contributed by atoms with E-state index < -0.39 is 162 Å². The third-order valence-corrected chi connectivity index (χ3v) is 24.2. The highest BCUT2D eigenvalue weighted by Crippen LogP contribution is 2.49. The van der Waals surface area contributed by atoms with Crippen LogP contribution in [-0.4, -0.2) is 205 Å². The van der Waals surface area contributed by atoms with Crippen LogP contribution in [0.2, 0.25) is 0 Å². The van der Waals surface area contributed by atoms with Crippen LogP contribution in [0.5, 0.6) is 0 Å². The zero-order valence-electron chi connectivity index (χ0n) is 73.7. The molecule has 0 bridgehead atoms. The van der Waals surface area contributed by atoms with Gasteiger partial charge in [-0.05, 0) is 77.0 Å². The Bertz CT molecular complexity index is 2550. The van der Waals surface area contributed by atoms with E-state index in [1.807, 2.05) is 0 Å². The number of ether oxygens (including phenoxy) is 8. The molecule has 118 heavy (non-hydrogen) atoms. The van der Waals surface area contributed by atoms with E-state index in [1.165, 1.54) is 161 Å². The number of carbonyl (C=O) groups excluding carboxylic acids is 4. The first-order valence-electron chi connectivity index (χ1n) is 47.6. The van der Waals surface area contributed by atoms with E-state index in [9.17, 15) is 74.6 Å². The summed E-state index contributed by atoms with van der Waals surface area (Å²) in [6.07, 6.45) is 31.6. The van der Waals surface area contributed by atoms with E-state index in [-0.39, 0.29) is 25.7 Å². The van der Waals surface area contributed by atoms with Crippen molar-refractivity contribution in [1.82, 2.24) is 0 Å². The number of aliphatic hydroxyl groups excluding tert-OH is 9. The molecule has 0 radical (unpaired) electrons. The molecule has 1 aliphatic carbocycles. The summed E-state index contributed by atoms with van der Waals surface area (Å²) >= 11 is 0. The van der Waals surface area contributed by atoms with Crippen LogP contribution in [-0.2, 0) is 70.7 Å². The molecule has 0 aromatic rings. The number of aliphatic hydroxyl groups is 9. The Labute approximate surface area is 711 Å². The van der Waals surface area contributed by atoms with Gasteiger partial charge in [-0.2, -0.15) is 0 Å². The number of unbranched alkanes of at least 4 members (excludes halogenated alkanes) is 49. The van der Waals surface area contributed by atoms with Crippen molar-refractivity contribution >= 4 is 31.7 Å². The molecule has 2 heterocycles. The number of allylic oxidation sites excluding steroid dienone is 4. The lowest BCUT2D eigenvalue weighted by Crippen LogP contribution is -2.70. The Hall–Kier alpha value is -3.05. The second-order valence-corrected chi connectivity index (χ2v) is 35.3. The van der Waals surface area contributed by atoms with Gasteiger partial charge in [0.1, 0.15) is 92.6 Å². The van der Waals surface area contributed by atoms with E-state index >= 15 is 0 Å². The minimum atomic E-state index is -5.81. The molecule has 0 aromatic heterocycles. The number of phosphoric acid groups is 1. The van der Waals surface area contributed by atoms with Crippen molar-refractivity contribution in [3.63, 3.8) is 0 Å². The molecule has 3 rings (SSSR count). The number of rotatable bonds is 77. The van der Waals surface area contributed by atoms with Crippen molar-refractivity contribution in [2.75, 3.05) is 26.4 Å². The van der Waals surface area contributed by atoms with Gasteiger partial charge in [-0.15, -0.1) is 0 Å². The Morgan fingerprint density at radius 1 is 0.331 bits per heavy atom. The van der Waals surface area contributed by atoms with Crippen molar-refractivity contribution in [3.8, 4) is 0 Å². The predicted molar refractivity (Wildman–Crippen MR) is 458 cm³/mol. The van der Waals surface area contributed by atoms with Gasteiger partial charge in [-0.25, -0.2) is 4.57 Å². The average Bonchev–Trinajstić information content (AvgIpc) is 0.756. The molecule has 26 heteroatoms. The largest absolute Gasteiger partial charge is 0.472 e. The van der Waals surface area contributed by atoms with E-state index in [0.717, 1.165) is 154 Å². The van der Waals surface area contributed by atoms with Crippen molar-refractivity contribution in [1.29, 1.82) is 0 Å². The van der Waals surface area contributed by atoms with Gasteiger partial charge < -0.3 is 88.7 Å². The molecule has 18 atom stereocenters. The molecule has 0 aromatic carbocycles. The molecule has 3 fully saturated rings. The normalized spacial score (nSPS) is 25.0. The number of esters is 4. The van der Waals surface area contributed by atoms with Crippen LogP contribution in [0.4, 0.5) is 0 Å². The number of hydrogen-bond donors (Lipinski definition) is 10. The molecule has 0 amide bonds. The summed E-state index contributed by atoms with van der Waals surface area (Å²) in [4.78, 5) is 66.5. The van der Waals surface area contributed by atoms with Crippen molar-refractivity contribution in [3.05, 3.63) is 24.3 Å². The van der Waals surface area contributed by atoms with Gasteiger partial charge in [0.25, 0.3) is 0 Å². The monoisotopic (exact) mass is 1710 g/mol. The second-order valence-electron chi connectivity index (χ2n) is 33.9. The summed E-state index contributed by atoms with van der Waals surface area (Å²) < 4.78 is 73.5. The van der Waals surface area contributed by atoms with Gasteiger partial charge in [-0.3, -0.25) is 28.2 Å². The van der Waals surface area contributed by atoms with E-state index in [1.54, 1.807) is 0 Å². The number of phosphoric ester groups is 1. The maximum absolute atomic E-state index is 14.9. The van der Waals surface area contributed by atoms with Crippen LogP contribution in [0.3, 0.4) is 0 Å². The zero-order valence-corrected chi connectivity index (χ0v) is 74.6. The highest BCUT2D eigenvalue weighted by atomic mass is 31.2. The Balaban J connectivity index is 1.91. The molecule has 3 aliphatic rings. The molecule has 2 aliphatic heterocycles. The zero-order chi connectivity index (χ0) is 86.1. The van der Waals surface area contributed by atoms with Gasteiger partial charge in [-0.1, -0.05) is 328 Å². The summed E-state index contributed by atoms with van der Waals surface area (Å²) in [5.41, 5.74) is 0. The lowest BCUT2D eigenvalue weighted by atomic mass is 9.84. The van der Waals surface area contributed by atoms with E-state index in [4.69, 9.17) is 46.9 Å². The van der Waals surface area contributed by atoms with Gasteiger partial charge in [0, 0.05) is 25.7 Å². The first kappa shape index (κ1) is 109. The van der Waals surface area contributed by atoms with Crippen LogP contribution >= 0.6 is 7.82 Å². The summed E-state index contributed by atoms with van der Waals surface area (Å²) in [6.45, 7) is 5.59. The number of carbonyl (C=O) groups is 4. The van der Waals surface area contributed by atoms with Gasteiger partial charge >= 0.3 is 31.7 Å². The summed E-state index contributed by atoms with van der Waals surface area (Å²) in [6, 6.07) is 0. The third kappa shape index (κ3) is 50.8. The van der Waals surface area contributed by atoms with Crippen molar-refractivity contribution in [2.24, 2.45) is 0 Å². The first-order valence-corrected chi connectivity index (χ1v) is 49.1. The highest BCUT2D eigenvalue weighted by molar-refractivity contribution is 7.47. The summed E-state index contributed by atoms with van der Waals surface area (Å²) in [5, 5.41) is 102. The smallest absolute Gasteiger partial charge is 0.463 e. The maximum Gasteiger partial charge on any atom is 0.472 e. The summed E-state index contributed by atoms with van der Waals surface area (Å²) in [5.74, 6) is -2.96. The van der Waals surface area contributed by atoms with E-state index in [0.29, 0.717) is 38.5 Å². The second kappa shape index (κ2) is 71.1. The minimum Gasteiger partial charge on any atom is -0.463 e. The highest BCUT2D eigenvalue weighted by Gasteiger charge is 2.60. The molecular formula is C92H169O25P. The predicted octanol–water partition coefficient (Wildman–Crippen LogP) is 17.7. The molecule has 1 saturated carbocycles. The van der Waals surface area contributed by atoms with Crippen LogP contribution < -0.4 is 0 Å². The lowest BCUT2D eigenvalue weighted by molar-refractivity contribution is -0.360. The van der Waals surface area contributed by atoms with Crippen LogP contribution in [0.1, 0.15) is 407 Å². The first-order chi connectivity index (χ1) is 57.2. The molecular weight excluding hydrogens is 1540 g/mol. The van der Waals surface area contributed by atoms with Crippen LogP contribution in [0.25, 0.3) is 0 Å². The summed E-state index contributed by atoms with van der Waals surface area (Å²) in [7, 11) is -5.81. The maximum atomic E-state index is 14.9. The Kier molecular flexibility index (Phi) is 65.8. The van der Waals surface area contributed by atoms with E-state index in [2.05, 4.69) is 52.0 Å². The van der Waals surface area contributed by atoms with Gasteiger partial charge in [0.05, 0.1) is 13.2 Å². The molecule has 0 spiro atoms. The lowest BCUT2D eigenvalue weighted by Gasteiger charge is -2.50. The van der Waals surface area contributed by atoms with Crippen LogP contribution in [0, 0.1) is 0 Å².